The molecule has 4 heteroatoms. The van der Waals surface area contributed by atoms with Gasteiger partial charge in [0.15, 0.2) is 0 Å². The molecule has 0 amide bonds. The first-order chi connectivity index (χ1) is 6.24. The van der Waals surface area contributed by atoms with Gasteiger partial charge in [-0.1, -0.05) is 33.6 Å². The van der Waals surface area contributed by atoms with Crippen molar-refractivity contribution < 1.29 is 9.53 Å². The number of alkyl halides is 1. The number of halogens is 2. The molecule has 1 aromatic carbocycles. The lowest BCUT2D eigenvalue weighted by Gasteiger charge is -2.01. The summed E-state index contributed by atoms with van der Waals surface area (Å²) in [5.74, 6) is -0.345. The van der Waals surface area contributed by atoms with Crippen LogP contribution < -0.4 is 0 Å². The second kappa shape index (κ2) is 5.25. The monoisotopic (exact) mass is 262 g/mol. The van der Waals surface area contributed by atoms with E-state index in [-0.39, 0.29) is 5.97 Å². The average Bonchev–Trinajstić information content (AvgIpc) is 2.14. The second-order valence-corrected chi connectivity index (χ2v) is 3.56. The van der Waals surface area contributed by atoms with E-state index in [4.69, 9.17) is 16.3 Å². The molecule has 0 spiro atoms. The Morgan fingerprint density at radius 3 is 2.92 bits per heavy atom. The van der Waals surface area contributed by atoms with Crippen molar-refractivity contribution >= 4 is 33.5 Å². The third kappa shape index (κ3) is 3.36. The van der Waals surface area contributed by atoms with E-state index in [1.165, 1.54) is 0 Å². The van der Waals surface area contributed by atoms with Crippen molar-refractivity contribution in [1.82, 2.24) is 0 Å². The Kier molecular flexibility index (Phi) is 4.25. The molecule has 0 heterocycles. The molecule has 0 unspecified atom stereocenters. The third-order valence-corrected chi connectivity index (χ3v) is 1.93. The Morgan fingerprint density at radius 1 is 1.54 bits per heavy atom. The molecule has 70 valence electrons. The standard InChI is InChI=1S/C9H8BrClO2/c10-4-5-13-9(12)7-2-1-3-8(11)6-7/h1-3,6H,4-5H2. The Bertz CT molecular complexity index is 301. The van der Waals surface area contributed by atoms with Gasteiger partial charge in [-0.15, -0.1) is 0 Å². The molecule has 1 aromatic rings. The first kappa shape index (κ1) is 10.5. The summed E-state index contributed by atoms with van der Waals surface area (Å²) in [6.45, 7) is 0.366. The lowest BCUT2D eigenvalue weighted by molar-refractivity contribution is 0.0531. The van der Waals surface area contributed by atoms with Gasteiger partial charge >= 0.3 is 5.97 Å². The zero-order valence-electron chi connectivity index (χ0n) is 6.80. The van der Waals surface area contributed by atoms with Crippen LogP contribution in [-0.4, -0.2) is 17.9 Å². The Hall–Kier alpha value is -0.540. The predicted octanol–water partition coefficient (Wildman–Crippen LogP) is 2.89. The summed E-state index contributed by atoms with van der Waals surface area (Å²) >= 11 is 8.87. The Balaban J connectivity index is 2.66. The molecule has 0 aromatic heterocycles. The highest BCUT2D eigenvalue weighted by molar-refractivity contribution is 9.09. The van der Waals surface area contributed by atoms with Crippen LogP contribution in [0.5, 0.6) is 0 Å². The number of esters is 1. The second-order valence-electron chi connectivity index (χ2n) is 2.34. The molecule has 0 aliphatic heterocycles. The number of ether oxygens (including phenoxy) is 1. The van der Waals surface area contributed by atoms with E-state index in [1.54, 1.807) is 24.3 Å². The molecule has 1 rings (SSSR count). The van der Waals surface area contributed by atoms with Crippen LogP contribution in [0, 0.1) is 0 Å². The lowest BCUT2D eigenvalue weighted by Crippen LogP contribution is -2.06. The van der Waals surface area contributed by atoms with E-state index < -0.39 is 0 Å². The highest BCUT2D eigenvalue weighted by Gasteiger charge is 2.05. The van der Waals surface area contributed by atoms with Gasteiger partial charge in [0.05, 0.1) is 5.56 Å². The van der Waals surface area contributed by atoms with Gasteiger partial charge in [0.1, 0.15) is 6.61 Å². The zero-order chi connectivity index (χ0) is 9.68. The predicted molar refractivity (Wildman–Crippen MR) is 55.5 cm³/mol. The summed E-state index contributed by atoms with van der Waals surface area (Å²) in [5.41, 5.74) is 0.480. The van der Waals surface area contributed by atoms with Gasteiger partial charge in [-0.3, -0.25) is 0 Å². The van der Waals surface area contributed by atoms with Crippen molar-refractivity contribution in [3.05, 3.63) is 34.9 Å². The van der Waals surface area contributed by atoms with Gasteiger partial charge in [-0.05, 0) is 18.2 Å². The quantitative estimate of drug-likeness (QED) is 0.619. The summed E-state index contributed by atoms with van der Waals surface area (Å²) in [7, 11) is 0. The minimum atomic E-state index is -0.345. The van der Waals surface area contributed by atoms with Crippen LogP contribution in [-0.2, 0) is 4.74 Å². The topological polar surface area (TPSA) is 26.3 Å². The molecule has 0 bridgehead atoms. The molecule has 0 aliphatic carbocycles. The van der Waals surface area contributed by atoms with Gasteiger partial charge in [0.25, 0.3) is 0 Å². The number of hydrogen-bond donors (Lipinski definition) is 0. The van der Waals surface area contributed by atoms with Crippen LogP contribution >= 0.6 is 27.5 Å². The Morgan fingerprint density at radius 2 is 2.31 bits per heavy atom. The molecule has 0 saturated carbocycles. The van der Waals surface area contributed by atoms with Gasteiger partial charge < -0.3 is 4.74 Å². The van der Waals surface area contributed by atoms with E-state index in [1.807, 2.05) is 0 Å². The van der Waals surface area contributed by atoms with E-state index in [0.29, 0.717) is 22.5 Å². The van der Waals surface area contributed by atoms with Gasteiger partial charge in [0.2, 0.25) is 0 Å². The van der Waals surface area contributed by atoms with Gasteiger partial charge in [-0.25, -0.2) is 4.79 Å². The van der Waals surface area contributed by atoms with Crippen LogP contribution in [0.2, 0.25) is 5.02 Å². The summed E-state index contributed by atoms with van der Waals surface area (Å²) in [5, 5.41) is 1.17. The third-order valence-electron chi connectivity index (χ3n) is 1.37. The Labute approximate surface area is 90.0 Å². The zero-order valence-corrected chi connectivity index (χ0v) is 9.14. The van der Waals surface area contributed by atoms with Crippen LogP contribution in [0.25, 0.3) is 0 Å². The maximum Gasteiger partial charge on any atom is 0.338 e. The maximum atomic E-state index is 11.3. The van der Waals surface area contributed by atoms with Crippen molar-refractivity contribution in [2.45, 2.75) is 0 Å². The van der Waals surface area contributed by atoms with Crippen molar-refractivity contribution in [2.24, 2.45) is 0 Å². The summed E-state index contributed by atoms with van der Waals surface area (Å²) < 4.78 is 4.89. The van der Waals surface area contributed by atoms with Crippen molar-refractivity contribution in [1.29, 1.82) is 0 Å². The van der Waals surface area contributed by atoms with Crippen molar-refractivity contribution in [3.63, 3.8) is 0 Å². The molecule has 0 radical (unpaired) electrons. The summed E-state index contributed by atoms with van der Waals surface area (Å²) in [4.78, 5) is 11.3. The largest absolute Gasteiger partial charge is 0.461 e. The summed E-state index contributed by atoms with van der Waals surface area (Å²) in [6, 6.07) is 6.68. The van der Waals surface area contributed by atoms with Gasteiger partial charge in [0, 0.05) is 10.4 Å². The van der Waals surface area contributed by atoms with Crippen molar-refractivity contribution in [3.8, 4) is 0 Å². The maximum absolute atomic E-state index is 11.3. The van der Waals surface area contributed by atoms with Gasteiger partial charge in [-0.2, -0.15) is 0 Å². The van der Waals surface area contributed by atoms with Crippen LogP contribution in [0.3, 0.4) is 0 Å². The molecule has 0 aliphatic rings. The normalized spacial score (nSPS) is 9.69. The SMILES string of the molecule is O=C(OCCBr)c1cccc(Cl)c1. The fourth-order valence-electron chi connectivity index (χ4n) is 0.830. The number of carbonyl (C=O) groups is 1. The molecule has 0 N–H and O–H groups in total. The minimum absolute atomic E-state index is 0.345. The highest BCUT2D eigenvalue weighted by atomic mass is 79.9. The molecule has 13 heavy (non-hydrogen) atoms. The van der Waals surface area contributed by atoms with Crippen LogP contribution in [0.1, 0.15) is 10.4 Å². The molecular formula is C9H8BrClO2. The molecule has 0 fully saturated rings. The lowest BCUT2D eigenvalue weighted by atomic mass is 10.2. The first-order valence-electron chi connectivity index (χ1n) is 3.72. The molecule has 0 saturated heterocycles. The van der Waals surface area contributed by atoms with E-state index in [9.17, 15) is 4.79 Å². The first-order valence-corrected chi connectivity index (χ1v) is 5.22. The van der Waals surface area contributed by atoms with Crippen molar-refractivity contribution in [2.75, 3.05) is 11.9 Å². The van der Waals surface area contributed by atoms with Crippen LogP contribution in [0.4, 0.5) is 0 Å². The van der Waals surface area contributed by atoms with E-state index >= 15 is 0 Å². The number of benzene rings is 1. The number of carbonyl (C=O) groups excluding carboxylic acids is 1. The van der Waals surface area contributed by atoms with E-state index in [2.05, 4.69) is 15.9 Å². The van der Waals surface area contributed by atoms with E-state index in [0.717, 1.165) is 0 Å². The molecular weight excluding hydrogens is 255 g/mol. The average molecular weight is 264 g/mol. The number of hydrogen-bond acceptors (Lipinski definition) is 2. The fourth-order valence-corrected chi connectivity index (χ4v) is 1.18. The number of rotatable bonds is 3. The molecule has 2 nitrogen and oxygen atoms in total. The fraction of sp³-hybridized carbons (Fsp3) is 0.222. The summed E-state index contributed by atoms with van der Waals surface area (Å²) in [6.07, 6.45) is 0. The highest BCUT2D eigenvalue weighted by Crippen LogP contribution is 2.11. The molecule has 0 atom stereocenters. The smallest absolute Gasteiger partial charge is 0.338 e. The minimum Gasteiger partial charge on any atom is -0.461 e. The van der Waals surface area contributed by atoms with Crippen LogP contribution in [0.15, 0.2) is 24.3 Å².